The van der Waals surface area contributed by atoms with Crippen LogP contribution in [0.2, 0.25) is 0 Å². The van der Waals surface area contributed by atoms with Crippen LogP contribution in [-0.2, 0) is 0 Å². The van der Waals surface area contributed by atoms with E-state index in [-0.39, 0.29) is 17.5 Å². The van der Waals surface area contributed by atoms with E-state index in [1.165, 1.54) is 18.6 Å². The van der Waals surface area contributed by atoms with E-state index in [1.807, 2.05) is 11.8 Å². The minimum absolute atomic E-state index is 0.117. The summed E-state index contributed by atoms with van der Waals surface area (Å²) in [6, 6.07) is 6.28. The Balaban J connectivity index is 1.95. The molecule has 1 amide bonds. The van der Waals surface area contributed by atoms with Crippen LogP contribution in [0.1, 0.15) is 46.4 Å². The molecular weight excluding hydrogens is 274 g/mol. The van der Waals surface area contributed by atoms with E-state index < -0.39 is 5.97 Å². The molecule has 1 aliphatic carbocycles. The molecule has 0 saturated heterocycles. The summed E-state index contributed by atoms with van der Waals surface area (Å²) in [5.41, 5.74) is 0.711. The molecule has 20 heavy (non-hydrogen) atoms. The van der Waals surface area contributed by atoms with Crippen molar-refractivity contribution in [2.24, 2.45) is 0 Å². The number of nitrogens with one attached hydrogen (secondary N) is 1. The number of carbonyl (C=O) groups excluding carboxylic acids is 1. The maximum absolute atomic E-state index is 12.1. The van der Waals surface area contributed by atoms with Gasteiger partial charge in [0, 0.05) is 16.9 Å². The summed E-state index contributed by atoms with van der Waals surface area (Å²) in [5.74, 6) is -1.10. The summed E-state index contributed by atoms with van der Waals surface area (Å²) in [6.45, 7) is 0. The lowest BCUT2D eigenvalue weighted by Gasteiger charge is -2.28. The highest BCUT2D eigenvalue weighted by Gasteiger charge is 2.22. The van der Waals surface area contributed by atoms with Gasteiger partial charge < -0.3 is 10.4 Å². The van der Waals surface area contributed by atoms with Crippen molar-refractivity contribution < 1.29 is 14.7 Å². The van der Waals surface area contributed by atoms with Crippen LogP contribution in [0.5, 0.6) is 0 Å². The molecule has 1 aliphatic rings. The Morgan fingerprint density at radius 2 is 1.85 bits per heavy atom. The second-order valence-electron chi connectivity index (χ2n) is 5.08. The minimum Gasteiger partial charge on any atom is -0.478 e. The fraction of sp³-hybridized carbons (Fsp3) is 0.467. The second kappa shape index (κ2) is 6.79. The van der Waals surface area contributed by atoms with E-state index in [1.54, 1.807) is 12.1 Å². The van der Waals surface area contributed by atoms with Crippen LogP contribution in [0.15, 0.2) is 24.3 Å². The third-order valence-electron chi connectivity index (χ3n) is 3.69. The predicted octanol–water partition coefficient (Wildman–Crippen LogP) is 2.79. The van der Waals surface area contributed by atoms with Crippen molar-refractivity contribution in [3.05, 3.63) is 35.4 Å². The summed E-state index contributed by atoms with van der Waals surface area (Å²) in [6.07, 6.45) is 6.52. The van der Waals surface area contributed by atoms with E-state index in [2.05, 4.69) is 11.6 Å². The molecule has 1 aromatic rings. The van der Waals surface area contributed by atoms with Gasteiger partial charge in [-0.15, -0.1) is 0 Å². The van der Waals surface area contributed by atoms with Gasteiger partial charge in [-0.2, -0.15) is 11.8 Å². The smallest absolute Gasteiger partial charge is 0.335 e. The third-order valence-corrected chi connectivity index (χ3v) is 4.78. The van der Waals surface area contributed by atoms with Gasteiger partial charge in [0.1, 0.15) is 0 Å². The largest absolute Gasteiger partial charge is 0.478 e. The maximum atomic E-state index is 12.1. The number of benzene rings is 1. The van der Waals surface area contributed by atoms with Gasteiger partial charge in [-0.25, -0.2) is 4.79 Å². The first-order valence-electron chi connectivity index (χ1n) is 6.77. The Hall–Kier alpha value is -1.49. The van der Waals surface area contributed by atoms with Crippen molar-refractivity contribution in [2.45, 2.75) is 37.0 Å². The second-order valence-corrected chi connectivity index (χ2v) is 6.22. The van der Waals surface area contributed by atoms with Gasteiger partial charge in [0.05, 0.1) is 5.56 Å². The topological polar surface area (TPSA) is 66.4 Å². The standard InChI is InChI=1S/C15H19NO3S/c1-20-13-4-2-3-12(9-13)16-14(17)10-5-7-11(8-6-10)15(18)19/h5-8,12-13H,2-4,9H2,1H3,(H,16,17)(H,18,19). The summed E-state index contributed by atoms with van der Waals surface area (Å²) in [4.78, 5) is 22.9. The monoisotopic (exact) mass is 293 g/mol. The number of thioether (sulfide) groups is 1. The van der Waals surface area contributed by atoms with Gasteiger partial charge in [-0.3, -0.25) is 4.79 Å². The SMILES string of the molecule is CSC1CCCC(NC(=O)c2ccc(C(=O)O)cc2)C1. The molecule has 2 unspecified atom stereocenters. The Morgan fingerprint density at radius 3 is 2.45 bits per heavy atom. The lowest BCUT2D eigenvalue weighted by molar-refractivity contribution is 0.0696. The van der Waals surface area contributed by atoms with Crippen LogP contribution >= 0.6 is 11.8 Å². The fourth-order valence-electron chi connectivity index (χ4n) is 2.52. The van der Waals surface area contributed by atoms with E-state index in [0.29, 0.717) is 10.8 Å². The van der Waals surface area contributed by atoms with Gasteiger partial charge in [0.15, 0.2) is 0 Å². The average Bonchev–Trinajstić information content (AvgIpc) is 2.47. The zero-order valence-corrected chi connectivity index (χ0v) is 12.3. The zero-order valence-electron chi connectivity index (χ0n) is 11.5. The van der Waals surface area contributed by atoms with Gasteiger partial charge in [-0.05, 0) is 49.8 Å². The van der Waals surface area contributed by atoms with Crippen molar-refractivity contribution in [3.8, 4) is 0 Å². The van der Waals surface area contributed by atoms with Gasteiger partial charge in [0.25, 0.3) is 5.91 Å². The minimum atomic E-state index is -0.980. The number of hydrogen-bond donors (Lipinski definition) is 2. The molecule has 1 saturated carbocycles. The van der Waals surface area contributed by atoms with E-state index in [4.69, 9.17) is 5.11 Å². The predicted molar refractivity (Wildman–Crippen MR) is 80.4 cm³/mol. The summed E-state index contributed by atoms with van der Waals surface area (Å²) in [5, 5.41) is 12.5. The van der Waals surface area contributed by atoms with Crippen molar-refractivity contribution in [2.75, 3.05) is 6.26 Å². The molecule has 2 N–H and O–H groups in total. The molecule has 4 nitrogen and oxygen atoms in total. The zero-order chi connectivity index (χ0) is 14.5. The molecule has 0 bridgehead atoms. The molecule has 0 radical (unpaired) electrons. The Labute approximate surface area is 123 Å². The molecule has 0 aliphatic heterocycles. The number of amides is 1. The first kappa shape index (κ1) is 14.9. The van der Waals surface area contributed by atoms with E-state index >= 15 is 0 Å². The maximum Gasteiger partial charge on any atom is 0.335 e. The molecular formula is C15H19NO3S. The van der Waals surface area contributed by atoms with E-state index in [0.717, 1.165) is 19.3 Å². The van der Waals surface area contributed by atoms with Crippen molar-refractivity contribution in [1.82, 2.24) is 5.32 Å². The van der Waals surface area contributed by atoms with Gasteiger partial charge >= 0.3 is 5.97 Å². The summed E-state index contributed by atoms with van der Waals surface area (Å²) in [7, 11) is 0. The summed E-state index contributed by atoms with van der Waals surface area (Å²) < 4.78 is 0. The highest BCUT2D eigenvalue weighted by atomic mass is 32.2. The molecule has 2 atom stereocenters. The van der Waals surface area contributed by atoms with E-state index in [9.17, 15) is 9.59 Å². The van der Waals surface area contributed by atoms with Crippen LogP contribution in [-0.4, -0.2) is 34.5 Å². The van der Waals surface area contributed by atoms with Crippen LogP contribution in [0.25, 0.3) is 0 Å². The van der Waals surface area contributed by atoms with Crippen LogP contribution in [0.4, 0.5) is 0 Å². The molecule has 1 fully saturated rings. The fourth-order valence-corrected chi connectivity index (χ4v) is 3.35. The van der Waals surface area contributed by atoms with Crippen LogP contribution in [0.3, 0.4) is 0 Å². The first-order chi connectivity index (χ1) is 9.60. The van der Waals surface area contributed by atoms with Crippen LogP contribution in [0, 0.1) is 0 Å². The average molecular weight is 293 g/mol. The van der Waals surface area contributed by atoms with Crippen molar-refractivity contribution >= 4 is 23.6 Å². The number of aromatic carboxylic acids is 1. The quantitative estimate of drug-likeness (QED) is 0.896. The third kappa shape index (κ3) is 3.76. The molecule has 2 rings (SSSR count). The summed E-state index contributed by atoms with van der Waals surface area (Å²) >= 11 is 1.86. The van der Waals surface area contributed by atoms with Crippen LogP contribution < -0.4 is 5.32 Å². The molecule has 0 aromatic heterocycles. The Bertz CT molecular complexity index is 486. The number of hydrogen-bond acceptors (Lipinski definition) is 3. The molecule has 5 heteroatoms. The number of carboxylic acid groups (broad SMARTS) is 1. The molecule has 1 aromatic carbocycles. The molecule has 108 valence electrons. The number of carboxylic acids is 1. The van der Waals surface area contributed by atoms with Gasteiger partial charge in [-0.1, -0.05) is 6.42 Å². The number of rotatable bonds is 4. The normalized spacial score (nSPS) is 22.2. The van der Waals surface area contributed by atoms with Crippen molar-refractivity contribution in [1.29, 1.82) is 0 Å². The Morgan fingerprint density at radius 1 is 1.20 bits per heavy atom. The highest BCUT2D eigenvalue weighted by molar-refractivity contribution is 7.99. The highest BCUT2D eigenvalue weighted by Crippen LogP contribution is 2.27. The lowest BCUT2D eigenvalue weighted by Crippen LogP contribution is -2.39. The first-order valence-corrected chi connectivity index (χ1v) is 8.06. The number of carbonyl (C=O) groups is 2. The van der Waals surface area contributed by atoms with Gasteiger partial charge in [0.2, 0.25) is 0 Å². The van der Waals surface area contributed by atoms with Crippen molar-refractivity contribution in [3.63, 3.8) is 0 Å². The molecule has 0 spiro atoms. The lowest BCUT2D eigenvalue weighted by atomic mass is 9.94. The molecule has 0 heterocycles. The Kier molecular flexibility index (Phi) is 5.06.